The highest BCUT2D eigenvalue weighted by atomic mass is 16.3. The first-order valence-electron chi connectivity index (χ1n) is 5.83. The molecule has 3 nitrogen and oxygen atoms in total. The first-order valence-corrected chi connectivity index (χ1v) is 5.83. The molecule has 90 valence electrons. The van der Waals surface area contributed by atoms with Crippen molar-refractivity contribution < 1.29 is 4.42 Å². The molecule has 0 fully saturated rings. The summed E-state index contributed by atoms with van der Waals surface area (Å²) in [5, 5.41) is 1.05. The highest BCUT2D eigenvalue weighted by molar-refractivity contribution is 5.81. The maximum Gasteiger partial charge on any atom is 0.134 e. The molecule has 2 aromatic carbocycles. The molecule has 3 heteroatoms. The molecule has 18 heavy (non-hydrogen) atoms. The van der Waals surface area contributed by atoms with E-state index in [0.29, 0.717) is 0 Å². The van der Waals surface area contributed by atoms with Gasteiger partial charge in [-0.1, -0.05) is 30.3 Å². The van der Waals surface area contributed by atoms with Gasteiger partial charge in [-0.15, -0.1) is 0 Å². The van der Waals surface area contributed by atoms with Crippen LogP contribution in [0.3, 0.4) is 0 Å². The lowest BCUT2D eigenvalue weighted by molar-refractivity contribution is 0.607. The SMILES string of the molecule is Nc1cccc(C(N)c2coc3ccccc23)c1. The van der Waals surface area contributed by atoms with Crippen molar-refractivity contribution in [2.75, 3.05) is 5.73 Å². The Morgan fingerprint density at radius 3 is 2.67 bits per heavy atom. The first kappa shape index (κ1) is 10.9. The third kappa shape index (κ3) is 1.75. The van der Waals surface area contributed by atoms with Gasteiger partial charge < -0.3 is 15.9 Å². The molecule has 0 radical (unpaired) electrons. The Morgan fingerprint density at radius 1 is 1.00 bits per heavy atom. The van der Waals surface area contributed by atoms with E-state index in [-0.39, 0.29) is 6.04 Å². The number of fused-ring (bicyclic) bond motifs is 1. The smallest absolute Gasteiger partial charge is 0.134 e. The van der Waals surface area contributed by atoms with Crippen LogP contribution < -0.4 is 11.5 Å². The number of nitrogen functional groups attached to an aromatic ring is 1. The van der Waals surface area contributed by atoms with E-state index in [0.717, 1.165) is 27.8 Å². The monoisotopic (exact) mass is 238 g/mol. The molecule has 0 saturated carbocycles. The van der Waals surface area contributed by atoms with Gasteiger partial charge >= 0.3 is 0 Å². The molecule has 0 saturated heterocycles. The highest BCUT2D eigenvalue weighted by Crippen LogP contribution is 2.29. The molecule has 0 amide bonds. The Balaban J connectivity index is 2.09. The quantitative estimate of drug-likeness (QED) is 0.674. The fraction of sp³-hybridized carbons (Fsp3) is 0.0667. The number of benzene rings is 2. The van der Waals surface area contributed by atoms with Gasteiger partial charge in [0.15, 0.2) is 0 Å². The van der Waals surface area contributed by atoms with Gasteiger partial charge in [0.1, 0.15) is 5.58 Å². The van der Waals surface area contributed by atoms with Crippen LogP contribution in [0, 0.1) is 0 Å². The summed E-state index contributed by atoms with van der Waals surface area (Å²) in [5.41, 5.74) is 15.6. The minimum Gasteiger partial charge on any atom is -0.464 e. The van der Waals surface area contributed by atoms with Gasteiger partial charge in [0, 0.05) is 16.6 Å². The molecule has 1 heterocycles. The van der Waals surface area contributed by atoms with Gasteiger partial charge in [-0.25, -0.2) is 0 Å². The summed E-state index contributed by atoms with van der Waals surface area (Å²) < 4.78 is 5.51. The van der Waals surface area contributed by atoms with Crippen molar-refractivity contribution in [2.24, 2.45) is 5.73 Å². The predicted molar refractivity (Wildman–Crippen MR) is 73.1 cm³/mol. The number of para-hydroxylation sites is 1. The molecule has 4 N–H and O–H groups in total. The molecule has 0 aliphatic rings. The van der Waals surface area contributed by atoms with Crippen molar-refractivity contribution in [1.29, 1.82) is 0 Å². The maximum absolute atomic E-state index is 6.28. The van der Waals surface area contributed by atoms with E-state index in [2.05, 4.69) is 0 Å². The maximum atomic E-state index is 6.28. The minimum atomic E-state index is -0.225. The fourth-order valence-corrected chi connectivity index (χ4v) is 2.17. The van der Waals surface area contributed by atoms with E-state index in [1.54, 1.807) is 6.26 Å². The van der Waals surface area contributed by atoms with Crippen molar-refractivity contribution in [3.8, 4) is 0 Å². The van der Waals surface area contributed by atoms with Crippen LogP contribution in [0.2, 0.25) is 0 Å². The summed E-state index contributed by atoms with van der Waals surface area (Å²) >= 11 is 0. The molecular formula is C15H14N2O. The molecule has 0 aliphatic carbocycles. The summed E-state index contributed by atoms with van der Waals surface area (Å²) in [4.78, 5) is 0. The van der Waals surface area contributed by atoms with Crippen LogP contribution in [0.4, 0.5) is 5.69 Å². The van der Waals surface area contributed by atoms with E-state index < -0.39 is 0 Å². The summed E-state index contributed by atoms with van der Waals surface area (Å²) in [5.74, 6) is 0. The number of hydrogen-bond acceptors (Lipinski definition) is 3. The average Bonchev–Trinajstić information content (AvgIpc) is 2.82. The number of rotatable bonds is 2. The number of furan rings is 1. The Bertz CT molecular complexity index is 688. The third-order valence-corrected chi connectivity index (χ3v) is 3.12. The third-order valence-electron chi connectivity index (χ3n) is 3.12. The summed E-state index contributed by atoms with van der Waals surface area (Å²) in [6.07, 6.45) is 1.72. The Morgan fingerprint density at radius 2 is 1.83 bits per heavy atom. The normalized spacial score (nSPS) is 12.7. The lowest BCUT2D eigenvalue weighted by atomic mass is 9.99. The number of hydrogen-bond donors (Lipinski definition) is 2. The molecule has 3 rings (SSSR count). The number of nitrogens with two attached hydrogens (primary N) is 2. The van der Waals surface area contributed by atoms with E-state index in [4.69, 9.17) is 15.9 Å². The van der Waals surface area contributed by atoms with Crippen molar-refractivity contribution in [2.45, 2.75) is 6.04 Å². The van der Waals surface area contributed by atoms with Crippen LogP contribution in [0.15, 0.2) is 59.2 Å². The first-order chi connectivity index (χ1) is 8.75. The zero-order valence-electron chi connectivity index (χ0n) is 9.84. The van der Waals surface area contributed by atoms with E-state index in [1.165, 1.54) is 0 Å². The van der Waals surface area contributed by atoms with E-state index in [9.17, 15) is 0 Å². The fourth-order valence-electron chi connectivity index (χ4n) is 2.17. The Kier molecular flexibility index (Phi) is 2.54. The molecule has 0 aliphatic heterocycles. The van der Waals surface area contributed by atoms with Crippen LogP contribution in [0.1, 0.15) is 17.2 Å². The molecular weight excluding hydrogens is 224 g/mol. The molecule has 3 aromatic rings. The second kappa shape index (κ2) is 4.20. The second-order valence-electron chi connectivity index (χ2n) is 4.33. The van der Waals surface area contributed by atoms with Gasteiger partial charge in [0.2, 0.25) is 0 Å². The van der Waals surface area contributed by atoms with Crippen LogP contribution in [0.5, 0.6) is 0 Å². The zero-order valence-corrected chi connectivity index (χ0v) is 9.84. The second-order valence-corrected chi connectivity index (χ2v) is 4.33. The standard InChI is InChI=1S/C15H14N2O/c16-11-5-3-4-10(8-11)15(17)13-9-18-14-7-2-1-6-12(13)14/h1-9,15H,16-17H2. The molecule has 1 unspecified atom stereocenters. The predicted octanol–water partition coefficient (Wildman–Crippen LogP) is 3.06. The summed E-state index contributed by atoms with van der Waals surface area (Å²) in [7, 11) is 0. The summed E-state index contributed by atoms with van der Waals surface area (Å²) in [6.45, 7) is 0. The molecule has 1 aromatic heterocycles. The number of anilines is 1. The Labute approximate surface area is 105 Å². The van der Waals surface area contributed by atoms with Crippen molar-refractivity contribution in [1.82, 2.24) is 0 Å². The van der Waals surface area contributed by atoms with E-state index in [1.807, 2.05) is 48.5 Å². The molecule has 0 spiro atoms. The van der Waals surface area contributed by atoms with Gasteiger partial charge in [-0.05, 0) is 23.8 Å². The van der Waals surface area contributed by atoms with Gasteiger partial charge in [0.05, 0.1) is 12.3 Å². The van der Waals surface area contributed by atoms with Crippen molar-refractivity contribution >= 4 is 16.7 Å². The molecule has 0 bridgehead atoms. The van der Waals surface area contributed by atoms with Crippen molar-refractivity contribution in [3.05, 3.63) is 65.9 Å². The average molecular weight is 238 g/mol. The van der Waals surface area contributed by atoms with Crippen LogP contribution in [0.25, 0.3) is 11.0 Å². The highest BCUT2D eigenvalue weighted by Gasteiger charge is 2.14. The van der Waals surface area contributed by atoms with Crippen LogP contribution in [-0.2, 0) is 0 Å². The van der Waals surface area contributed by atoms with Gasteiger partial charge in [-0.2, -0.15) is 0 Å². The van der Waals surface area contributed by atoms with Gasteiger partial charge in [-0.3, -0.25) is 0 Å². The lowest BCUT2D eigenvalue weighted by Gasteiger charge is -2.11. The summed E-state index contributed by atoms with van der Waals surface area (Å²) in [6, 6.07) is 15.3. The van der Waals surface area contributed by atoms with E-state index >= 15 is 0 Å². The lowest BCUT2D eigenvalue weighted by Crippen LogP contribution is -2.11. The van der Waals surface area contributed by atoms with Gasteiger partial charge in [0.25, 0.3) is 0 Å². The Hall–Kier alpha value is -2.26. The van der Waals surface area contributed by atoms with Crippen LogP contribution >= 0.6 is 0 Å². The van der Waals surface area contributed by atoms with Crippen LogP contribution in [-0.4, -0.2) is 0 Å². The topological polar surface area (TPSA) is 65.2 Å². The largest absolute Gasteiger partial charge is 0.464 e. The van der Waals surface area contributed by atoms with Crippen molar-refractivity contribution in [3.63, 3.8) is 0 Å². The zero-order chi connectivity index (χ0) is 12.5. The molecule has 1 atom stereocenters. The minimum absolute atomic E-state index is 0.225.